The number of hydrogen-bond donors (Lipinski definition) is 2. The molecule has 2 rings (SSSR count). The average molecular weight is 490 g/mol. The molecular weight excluding hydrogens is 462 g/mol. The summed E-state index contributed by atoms with van der Waals surface area (Å²) < 4.78 is 12.9. The van der Waals surface area contributed by atoms with Gasteiger partial charge in [-0.3, -0.25) is 4.99 Å². The van der Waals surface area contributed by atoms with Gasteiger partial charge in [-0.1, -0.05) is 32.9 Å². The maximum Gasteiger partial charge on any atom is 0.191 e. The quantitative estimate of drug-likeness (QED) is 0.364. The van der Waals surface area contributed by atoms with Crippen LogP contribution in [0.15, 0.2) is 34.6 Å². The number of aromatic nitrogens is 1. The number of benzene rings is 1. The number of thiazole rings is 1. The summed E-state index contributed by atoms with van der Waals surface area (Å²) in [5, 5.41) is 9.87. The zero-order chi connectivity index (χ0) is 18.3. The summed E-state index contributed by atoms with van der Waals surface area (Å²) in [5.41, 5.74) is 2.34. The normalized spacial score (nSPS) is 11.8. The summed E-state index contributed by atoms with van der Waals surface area (Å²) in [6.07, 6.45) is 1.70. The molecule has 0 bridgehead atoms. The van der Waals surface area contributed by atoms with Crippen molar-refractivity contribution < 1.29 is 4.39 Å². The third kappa shape index (κ3) is 7.57. The molecule has 0 amide bonds. The lowest BCUT2D eigenvalue weighted by molar-refractivity contribution is 0.570. The molecule has 0 fully saturated rings. The maximum atomic E-state index is 12.9. The average Bonchev–Trinajstić information content (AvgIpc) is 3.04. The van der Waals surface area contributed by atoms with Crippen molar-refractivity contribution in [1.29, 1.82) is 0 Å². The van der Waals surface area contributed by atoms with Crippen molar-refractivity contribution in [2.45, 2.75) is 39.0 Å². The minimum atomic E-state index is -0.203. The van der Waals surface area contributed by atoms with E-state index in [9.17, 15) is 4.39 Å². The van der Waals surface area contributed by atoms with E-state index in [0.29, 0.717) is 0 Å². The molecule has 0 aliphatic rings. The summed E-state index contributed by atoms with van der Waals surface area (Å²) in [7, 11) is 1.76. The van der Waals surface area contributed by atoms with Gasteiger partial charge in [-0.25, -0.2) is 9.37 Å². The minimum Gasteiger partial charge on any atom is -0.356 e. The zero-order valence-electron chi connectivity index (χ0n) is 15.8. The number of aliphatic imine (C=N–C) groups is 1. The summed E-state index contributed by atoms with van der Waals surface area (Å²) in [6, 6.07) is 6.59. The van der Waals surface area contributed by atoms with Crippen molar-refractivity contribution in [2.24, 2.45) is 4.99 Å². The lowest BCUT2D eigenvalue weighted by Gasteiger charge is -2.14. The van der Waals surface area contributed by atoms with Gasteiger partial charge in [0.1, 0.15) is 5.82 Å². The van der Waals surface area contributed by atoms with E-state index in [2.05, 4.69) is 41.8 Å². The summed E-state index contributed by atoms with van der Waals surface area (Å²) in [5.74, 6) is 0.570. The van der Waals surface area contributed by atoms with Gasteiger partial charge < -0.3 is 10.6 Å². The lowest BCUT2D eigenvalue weighted by Crippen LogP contribution is -2.39. The monoisotopic (exact) mass is 490 g/mol. The van der Waals surface area contributed by atoms with Crippen LogP contribution >= 0.6 is 35.3 Å². The molecule has 0 saturated carbocycles. The number of nitrogens with one attached hydrogen (secondary N) is 2. The minimum absolute atomic E-state index is 0. The van der Waals surface area contributed by atoms with Crippen LogP contribution in [0.1, 0.15) is 37.0 Å². The van der Waals surface area contributed by atoms with Crippen molar-refractivity contribution in [1.82, 2.24) is 15.6 Å². The first kappa shape index (κ1) is 22.8. The molecule has 7 heteroatoms. The van der Waals surface area contributed by atoms with E-state index >= 15 is 0 Å². The van der Waals surface area contributed by atoms with Gasteiger partial charge in [0.05, 0.1) is 10.7 Å². The van der Waals surface area contributed by atoms with Crippen LogP contribution in [0.4, 0.5) is 4.39 Å². The predicted octanol–water partition coefficient (Wildman–Crippen LogP) is 4.15. The zero-order valence-corrected chi connectivity index (χ0v) is 19.0. The van der Waals surface area contributed by atoms with Crippen LogP contribution in [0.3, 0.4) is 0 Å². The van der Waals surface area contributed by atoms with E-state index in [1.54, 1.807) is 18.4 Å². The number of hydrogen-bond acceptors (Lipinski definition) is 3. The van der Waals surface area contributed by atoms with Gasteiger partial charge in [-0.2, -0.15) is 0 Å². The fourth-order valence-corrected chi connectivity index (χ4v) is 3.28. The summed E-state index contributed by atoms with van der Waals surface area (Å²) >= 11 is 1.71. The highest BCUT2D eigenvalue weighted by molar-refractivity contribution is 14.0. The van der Waals surface area contributed by atoms with Crippen molar-refractivity contribution in [3.63, 3.8) is 0 Å². The molecule has 2 aromatic rings. The maximum absolute atomic E-state index is 12.9. The fraction of sp³-hybridized carbons (Fsp3) is 0.474. The van der Waals surface area contributed by atoms with E-state index in [-0.39, 0.29) is 35.2 Å². The predicted molar refractivity (Wildman–Crippen MR) is 119 cm³/mol. The molecule has 4 nitrogen and oxygen atoms in total. The first-order valence-electron chi connectivity index (χ1n) is 8.52. The van der Waals surface area contributed by atoms with Gasteiger partial charge in [-0.05, 0) is 24.1 Å². The van der Waals surface area contributed by atoms with Crippen molar-refractivity contribution in [3.8, 4) is 0 Å². The van der Waals surface area contributed by atoms with Crippen LogP contribution < -0.4 is 10.6 Å². The molecule has 0 unspecified atom stereocenters. The SMILES string of the molecule is CN=C(NCCc1ccc(F)cc1)NCCc1nc(C(C)(C)C)cs1.I. The molecule has 1 aromatic heterocycles. The summed E-state index contributed by atoms with van der Waals surface area (Å²) in [6.45, 7) is 8.06. The second-order valence-electron chi connectivity index (χ2n) is 6.93. The molecule has 0 aliphatic carbocycles. The number of rotatable bonds is 6. The Morgan fingerprint density at radius 1 is 1.12 bits per heavy atom. The number of nitrogens with zero attached hydrogens (tertiary/aromatic N) is 2. The second-order valence-corrected chi connectivity index (χ2v) is 7.87. The molecule has 1 aromatic carbocycles. The molecule has 0 atom stereocenters. The van der Waals surface area contributed by atoms with Crippen molar-refractivity contribution in [3.05, 3.63) is 51.7 Å². The van der Waals surface area contributed by atoms with Gasteiger partial charge in [0.2, 0.25) is 0 Å². The Bertz CT molecular complexity index is 692. The molecule has 144 valence electrons. The van der Waals surface area contributed by atoms with Crippen molar-refractivity contribution in [2.75, 3.05) is 20.1 Å². The summed E-state index contributed by atoms with van der Waals surface area (Å²) in [4.78, 5) is 8.93. The van der Waals surface area contributed by atoms with E-state index in [1.165, 1.54) is 12.1 Å². The van der Waals surface area contributed by atoms with Crippen LogP contribution in [0.2, 0.25) is 0 Å². The number of guanidine groups is 1. The largest absolute Gasteiger partial charge is 0.356 e. The van der Waals surface area contributed by atoms with Crippen LogP contribution in [-0.2, 0) is 18.3 Å². The van der Waals surface area contributed by atoms with E-state index in [1.807, 2.05) is 12.1 Å². The van der Waals surface area contributed by atoms with Crippen LogP contribution in [0.5, 0.6) is 0 Å². The standard InChI is InChI=1S/C19H27FN4S.HI/c1-19(2,3)16-13-25-17(24-16)10-12-23-18(21-4)22-11-9-14-5-7-15(20)8-6-14;/h5-8,13H,9-12H2,1-4H3,(H2,21,22,23);1H. The second kappa shape index (κ2) is 10.8. The van der Waals surface area contributed by atoms with E-state index < -0.39 is 0 Å². The highest BCUT2D eigenvalue weighted by Gasteiger charge is 2.17. The lowest BCUT2D eigenvalue weighted by atomic mass is 9.93. The Hall–Kier alpha value is -1.22. The molecule has 26 heavy (non-hydrogen) atoms. The first-order valence-corrected chi connectivity index (χ1v) is 9.40. The molecule has 0 radical (unpaired) electrons. The van der Waals surface area contributed by atoms with Gasteiger partial charge >= 0.3 is 0 Å². The van der Waals surface area contributed by atoms with Crippen LogP contribution in [0.25, 0.3) is 0 Å². The van der Waals surface area contributed by atoms with Gasteiger partial charge in [0.15, 0.2) is 5.96 Å². The van der Waals surface area contributed by atoms with Crippen LogP contribution in [-0.4, -0.2) is 31.1 Å². The molecular formula is C19H28FIN4S. The van der Waals surface area contributed by atoms with Gasteiger partial charge in [0.25, 0.3) is 0 Å². The fourth-order valence-electron chi connectivity index (χ4n) is 2.25. The third-order valence-electron chi connectivity index (χ3n) is 3.79. The third-order valence-corrected chi connectivity index (χ3v) is 4.70. The Kier molecular flexibility index (Phi) is 9.49. The Balaban J connectivity index is 0.00000338. The Morgan fingerprint density at radius 2 is 1.73 bits per heavy atom. The smallest absolute Gasteiger partial charge is 0.191 e. The molecule has 1 heterocycles. The number of halogens is 2. The molecule has 2 N–H and O–H groups in total. The van der Waals surface area contributed by atoms with E-state index in [4.69, 9.17) is 4.98 Å². The van der Waals surface area contributed by atoms with Gasteiger partial charge in [-0.15, -0.1) is 35.3 Å². The Morgan fingerprint density at radius 3 is 2.27 bits per heavy atom. The first-order chi connectivity index (χ1) is 11.9. The van der Waals surface area contributed by atoms with Crippen LogP contribution in [0, 0.1) is 5.82 Å². The van der Waals surface area contributed by atoms with Crippen molar-refractivity contribution >= 4 is 41.3 Å². The topological polar surface area (TPSA) is 49.3 Å². The molecule has 0 saturated heterocycles. The van der Waals surface area contributed by atoms with E-state index in [0.717, 1.165) is 48.2 Å². The highest BCUT2D eigenvalue weighted by Crippen LogP contribution is 2.23. The highest BCUT2D eigenvalue weighted by atomic mass is 127. The molecule has 0 aliphatic heterocycles. The van der Waals surface area contributed by atoms with Gasteiger partial charge in [0, 0.05) is 37.4 Å². The molecule has 0 spiro atoms. The Labute approximate surface area is 176 Å².